The Kier molecular flexibility index (Phi) is 4.91. The molecular formula is C19H23F3N2O. The van der Waals surface area contributed by atoms with Gasteiger partial charge in [0.15, 0.2) is 0 Å². The normalized spacial score (nSPS) is 19.5. The van der Waals surface area contributed by atoms with Crippen LogP contribution in [0.1, 0.15) is 41.6 Å². The minimum Gasteiger partial charge on any atom is -0.346 e. The number of para-hydroxylation sites is 1. The lowest BCUT2D eigenvalue weighted by Gasteiger charge is -2.32. The third-order valence-corrected chi connectivity index (χ3v) is 5.23. The summed E-state index contributed by atoms with van der Waals surface area (Å²) in [5.41, 5.74) is 1.37. The van der Waals surface area contributed by atoms with Gasteiger partial charge in [0, 0.05) is 24.2 Å². The van der Waals surface area contributed by atoms with Gasteiger partial charge in [0.1, 0.15) is 0 Å². The summed E-state index contributed by atoms with van der Waals surface area (Å²) in [6.45, 7) is 3.54. The van der Waals surface area contributed by atoms with Crippen LogP contribution in [0.2, 0.25) is 0 Å². The average molecular weight is 352 g/mol. The van der Waals surface area contributed by atoms with Crippen LogP contribution < -0.4 is 0 Å². The zero-order chi connectivity index (χ0) is 18.2. The Balaban J connectivity index is 1.93. The number of Topliss-reactive ketones (excluding diaryl/α,β-unsaturated/α-hetero) is 1. The van der Waals surface area contributed by atoms with E-state index in [4.69, 9.17) is 0 Å². The molecule has 2 aromatic rings. The highest BCUT2D eigenvalue weighted by atomic mass is 19.4. The molecule has 1 saturated heterocycles. The van der Waals surface area contributed by atoms with E-state index in [9.17, 15) is 18.0 Å². The molecule has 0 aliphatic carbocycles. The van der Waals surface area contributed by atoms with Gasteiger partial charge < -0.3 is 9.47 Å². The van der Waals surface area contributed by atoms with E-state index >= 15 is 0 Å². The number of carbonyl (C=O) groups is 1. The first-order valence-corrected chi connectivity index (χ1v) is 8.69. The molecule has 25 heavy (non-hydrogen) atoms. The number of nitrogens with zero attached hydrogens (tertiary/aromatic N) is 2. The minimum atomic E-state index is -4.85. The number of rotatable bonds is 4. The number of benzene rings is 1. The molecule has 3 rings (SSSR count). The first-order valence-electron chi connectivity index (χ1n) is 8.69. The van der Waals surface area contributed by atoms with Crippen LogP contribution in [0.4, 0.5) is 13.2 Å². The molecule has 1 aliphatic rings. The second kappa shape index (κ2) is 6.83. The fraction of sp³-hybridized carbons (Fsp3) is 0.526. The van der Waals surface area contributed by atoms with Gasteiger partial charge >= 0.3 is 6.18 Å². The van der Waals surface area contributed by atoms with Crippen molar-refractivity contribution in [3.8, 4) is 0 Å². The Bertz CT molecular complexity index is 779. The number of aromatic nitrogens is 1. The molecule has 0 spiro atoms. The lowest BCUT2D eigenvalue weighted by atomic mass is 10.00. The van der Waals surface area contributed by atoms with E-state index in [-0.39, 0.29) is 5.56 Å². The molecular weight excluding hydrogens is 329 g/mol. The molecule has 6 heteroatoms. The Morgan fingerprint density at radius 3 is 2.72 bits per heavy atom. The van der Waals surface area contributed by atoms with Crippen LogP contribution in [-0.4, -0.2) is 41.1 Å². The summed E-state index contributed by atoms with van der Waals surface area (Å²) in [6, 6.07) is 5.61. The molecule has 0 saturated carbocycles. The molecule has 1 aliphatic heterocycles. The van der Waals surface area contributed by atoms with E-state index < -0.39 is 12.0 Å². The van der Waals surface area contributed by atoms with E-state index in [1.54, 1.807) is 12.1 Å². The van der Waals surface area contributed by atoms with Gasteiger partial charge in [-0.15, -0.1) is 0 Å². The number of alkyl halides is 3. The maximum atomic E-state index is 12.9. The van der Waals surface area contributed by atoms with Crippen LogP contribution in [0.25, 0.3) is 10.9 Å². The van der Waals surface area contributed by atoms with Crippen molar-refractivity contribution < 1.29 is 18.0 Å². The van der Waals surface area contributed by atoms with E-state index in [1.165, 1.54) is 19.0 Å². The van der Waals surface area contributed by atoms with Crippen molar-refractivity contribution >= 4 is 16.7 Å². The van der Waals surface area contributed by atoms with Crippen molar-refractivity contribution in [2.24, 2.45) is 0 Å². The standard InChI is InChI=1S/C19H23F3N2O/c1-13-6-5-8-15-16(18(25)19(20,21)22)12-24(17(13)15)11-9-14-7-3-4-10-23(14)2/h5-6,8,12,14H,3-4,7,9-11H2,1-2H3. The number of hydrogen-bond donors (Lipinski definition) is 0. The van der Waals surface area contributed by atoms with E-state index in [0.29, 0.717) is 18.0 Å². The molecule has 136 valence electrons. The molecule has 0 amide bonds. The molecule has 1 atom stereocenters. The summed E-state index contributed by atoms with van der Waals surface area (Å²) in [5.74, 6) is -1.77. The average Bonchev–Trinajstić information content (AvgIpc) is 2.92. The van der Waals surface area contributed by atoms with Crippen molar-refractivity contribution in [1.82, 2.24) is 9.47 Å². The van der Waals surface area contributed by atoms with Gasteiger partial charge in [0.25, 0.3) is 5.78 Å². The number of piperidine rings is 1. The second-order valence-electron chi connectivity index (χ2n) is 6.95. The highest BCUT2D eigenvalue weighted by molar-refractivity contribution is 6.11. The third kappa shape index (κ3) is 3.59. The number of fused-ring (bicyclic) bond motifs is 1. The molecule has 3 nitrogen and oxygen atoms in total. The number of aryl methyl sites for hydroxylation is 2. The minimum absolute atomic E-state index is 0.247. The summed E-state index contributed by atoms with van der Waals surface area (Å²) >= 11 is 0. The molecule has 0 radical (unpaired) electrons. The van der Waals surface area contributed by atoms with Gasteiger partial charge in [0.2, 0.25) is 0 Å². The van der Waals surface area contributed by atoms with Gasteiger partial charge in [-0.1, -0.05) is 24.6 Å². The molecule has 1 aromatic carbocycles. The van der Waals surface area contributed by atoms with Crippen LogP contribution in [0.3, 0.4) is 0 Å². The molecule has 0 bridgehead atoms. The van der Waals surface area contributed by atoms with Gasteiger partial charge in [-0.3, -0.25) is 4.79 Å². The van der Waals surface area contributed by atoms with Crippen molar-refractivity contribution in [2.45, 2.75) is 51.4 Å². The quantitative estimate of drug-likeness (QED) is 0.753. The van der Waals surface area contributed by atoms with E-state index in [2.05, 4.69) is 11.9 Å². The largest absolute Gasteiger partial charge is 0.454 e. The van der Waals surface area contributed by atoms with Crippen LogP contribution in [0, 0.1) is 6.92 Å². The van der Waals surface area contributed by atoms with Gasteiger partial charge in [-0.25, -0.2) is 0 Å². The lowest BCUT2D eigenvalue weighted by Crippen LogP contribution is -2.36. The highest BCUT2D eigenvalue weighted by Gasteiger charge is 2.41. The Morgan fingerprint density at radius 2 is 2.04 bits per heavy atom. The van der Waals surface area contributed by atoms with Gasteiger partial charge in [-0.05, 0) is 45.3 Å². The van der Waals surface area contributed by atoms with Crippen molar-refractivity contribution in [3.63, 3.8) is 0 Å². The second-order valence-corrected chi connectivity index (χ2v) is 6.95. The van der Waals surface area contributed by atoms with Crippen LogP contribution in [-0.2, 0) is 6.54 Å². The fourth-order valence-electron chi connectivity index (χ4n) is 3.85. The predicted octanol–water partition coefficient (Wildman–Crippen LogP) is 4.57. The molecule has 1 aromatic heterocycles. The lowest BCUT2D eigenvalue weighted by molar-refractivity contribution is -0.0884. The zero-order valence-electron chi connectivity index (χ0n) is 14.6. The highest BCUT2D eigenvalue weighted by Crippen LogP contribution is 2.31. The Morgan fingerprint density at radius 1 is 1.28 bits per heavy atom. The van der Waals surface area contributed by atoms with Crippen molar-refractivity contribution in [1.29, 1.82) is 0 Å². The third-order valence-electron chi connectivity index (χ3n) is 5.23. The number of ketones is 1. The zero-order valence-corrected chi connectivity index (χ0v) is 14.6. The Hall–Kier alpha value is -1.82. The maximum absolute atomic E-state index is 12.9. The first kappa shape index (κ1) is 18.0. The summed E-state index contributed by atoms with van der Waals surface area (Å²) in [4.78, 5) is 14.1. The monoisotopic (exact) mass is 352 g/mol. The smallest absolute Gasteiger partial charge is 0.346 e. The van der Waals surface area contributed by atoms with Crippen LogP contribution in [0.15, 0.2) is 24.4 Å². The van der Waals surface area contributed by atoms with E-state index in [1.807, 2.05) is 17.6 Å². The topological polar surface area (TPSA) is 25.2 Å². The molecule has 2 heterocycles. The summed E-state index contributed by atoms with van der Waals surface area (Å²) in [5, 5.41) is 0.388. The first-order chi connectivity index (χ1) is 11.8. The molecule has 1 fully saturated rings. The predicted molar refractivity (Wildman–Crippen MR) is 91.9 cm³/mol. The van der Waals surface area contributed by atoms with Gasteiger partial charge in [0.05, 0.1) is 11.1 Å². The van der Waals surface area contributed by atoms with Crippen LogP contribution >= 0.6 is 0 Å². The van der Waals surface area contributed by atoms with Crippen molar-refractivity contribution in [2.75, 3.05) is 13.6 Å². The number of carbonyl (C=O) groups excluding carboxylic acids is 1. The SMILES string of the molecule is Cc1cccc2c(C(=O)C(F)(F)F)cn(CCC3CCCCN3C)c12. The summed E-state index contributed by atoms with van der Waals surface area (Å²) in [6.07, 6.45) is 0.904. The fourth-order valence-corrected chi connectivity index (χ4v) is 3.85. The number of hydrogen-bond acceptors (Lipinski definition) is 2. The maximum Gasteiger partial charge on any atom is 0.454 e. The summed E-state index contributed by atoms with van der Waals surface area (Å²) in [7, 11) is 2.10. The molecule has 0 N–H and O–H groups in total. The summed E-state index contributed by atoms with van der Waals surface area (Å²) < 4.78 is 40.6. The number of likely N-dealkylation sites (tertiary alicyclic amines) is 1. The number of halogens is 3. The van der Waals surface area contributed by atoms with Crippen molar-refractivity contribution in [3.05, 3.63) is 35.5 Å². The Labute approximate surface area is 145 Å². The van der Waals surface area contributed by atoms with Crippen LogP contribution in [0.5, 0.6) is 0 Å². The molecule has 1 unspecified atom stereocenters. The van der Waals surface area contributed by atoms with Gasteiger partial charge in [-0.2, -0.15) is 13.2 Å². The van der Waals surface area contributed by atoms with E-state index in [0.717, 1.165) is 30.5 Å².